The van der Waals surface area contributed by atoms with E-state index in [2.05, 4.69) is 232 Å². The molecule has 9 aromatic rings. The van der Waals surface area contributed by atoms with Gasteiger partial charge in [0.1, 0.15) is 0 Å². The second kappa shape index (κ2) is 14.3. The maximum atomic E-state index is 2.47. The first-order valence-corrected chi connectivity index (χ1v) is 19.2. The lowest BCUT2D eigenvalue weighted by atomic mass is 9.86. The van der Waals surface area contributed by atoms with Crippen LogP contribution < -0.4 is 4.90 Å². The van der Waals surface area contributed by atoms with Gasteiger partial charge in [0.2, 0.25) is 0 Å². The third-order valence-corrected chi connectivity index (χ3v) is 10.8. The predicted octanol–water partition coefficient (Wildman–Crippen LogP) is 15.4. The Morgan fingerprint density at radius 1 is 0.345 bits per heavy atom. The van der Waals surface area contributed by atoms with Gasteiger partial charge in [0.25, 0.3) is 0 Å². The van der Waals surface area contributed by atoms with Crippen molar-refractivity contribution < 1.29 is 0 Å². The molecule has 0 unspecified atom stereocenters. The SMILES string of the molecule is CC(C)(C)c1ccc(-c2ccccc2N(c2cccc(-c3cccc4ccccc34)c2)c2ccccc2-c2cccc3cccc(-c4ccccc4)c23)cc1. The Labute approximate surface area is 324 Å². The lowest BCUT2D eigenvalue weighted by Gasteiger charge is -2.31. The van der Waals surface area contributed by atoms with E-state index in [9.17, 15) is 0 Å². The Balaban J connectivity index is 1.30. The van der Waals surface area contributed by atoms with Gasteiger partial charge < -0.3 is 4.90 Å². The first-order chi connectivity index (χ1) is 26.9. The van der Waals surface area contributed by atoms with Gasteiger partial charge in [-0.1, -0.05) is 203 Å². The summed E-state index contributed by atoms with van der Waals surface area (Å²) < 4.78 is 0. The van der Waals surface area contributed by atoms with Crippen molar-refractivity contribution in [3.05, 3.63) is 212 Å². The van der Waals surface area contributed by atoms with Crippen molar-refractivity contribution in [1.82, 2.24) is 0 Å². The third-order valence-electron chi connectivity index (χ3n) is 10.8. The Kier molecular flexibility index (Phi) is 8.84. The molecular weight excluding hydrogens is 663 g/mol. The summed E-state index contributed by atoms with van der Waals surface area (Å²) in [7, 11) is 0. The molecule has 0 fully saturated rings. The molecule has 0 aromatic heterocycles. The van der Waals surface area contributed by atoms with E-state index < -0.39 is 0 Å². The molecule has 55 heavy (non-hydrogen) atoms. The summed E-state index contributed by atoms with van der Waals surface area (Å²) in [6.07, 6.45) is 0. The van der Waals surface area contributed by atoms with Gasteiger partial charge in [-0.2, -0.15) is 0 Å². The van der Waals surface area contributed by atoms with Gasteiger partial charge in [0, 0.05) is 16.8 Å². The van der Waals surface area contributed by atoms with Gasteiger partial charge >= 0.3 is 0 Å². The Morgan fingerprint density at radius 3 is 1.60 bits per heavy atom. The van der Waals surface area contributed by atoms with Gasteiger partial charge in [0.15, 0.2) is 0 Å². The molecule has 0 radical (unpaired) electrons. The zero-order chi connectivity index (χ0) is 37.4. The van der Waals surface area contributed by atoms with Gasteiger partial charge in [0.05, 0.1) is 11.4 Å². The van der Waals surface area contributed by atoms with Crippen LogP contribution in [0.3, 0.4) is 0 Å². The molecule has 0 aliphatic heterocycles. The van der Waals surface area contributed by atoms with E-state index in [0.29, 0.717) is 0 Å². The highest BCUT2D eigenvalue weighted by Gasteiger charge is 2.23. The van der Waals surface area contributed by atoms with Crippen LogP contribution in [0.5, 0.6) is 0 Å². The summed E-state index contributed by atoms with van der Waals surface area (Å²) in [5.74, 6) is 0. The molecule has 0 spiro atoms. The minimum absolute atomic E-state index is 0.0716. The summed E-state index contributed by atoms with van der Waals surface area (Å²) in [6, 6.07) is 75.4. The maximum absolute atomic E-state index is 2.47. The van der Waals surface area contributed by atoms with Gasteiger partial charge in [-0.05, 0) is 90.2 Å². The molecule has 1 heteroatoms. The van der Waals surface area contributed by atoms with Crippen LogP contribution in [0.4, 0.5) is 17.1 Å². The van der Waals surface area contributed by atoms with Crippen LogP contribution in [0.1, 0.15) is 26.3 Å². The number of hydrogen-bond acceptors (Lipinski definition) is 1. The highest BCUT2D eigenvalue weighted by atomic mass is 15.1. The Hall–Kier alpha value is -6.70. The van der Waals surface area contributed by atoms with Crippen molar-refractivity contribution in [3.63, 3.8) is 0 Å². The molecule has 9 aromatic carbocycles. The zero-order valence-electron chi connectivity index (χ0n) is 31.6. The average molecular weight is 706 g/mol. The molecular formula is C54H43N. The second-order valence-corrected chi connectivity index (χ2v) is 15.3. The average Bonchev–Trinajstić information content (AvgIpc) is 3.24. The minimum atomic E-state index is 0.0716. The van der Waals surface area contributed by atoms with E-state index in [1.54, 1.807) is 0 Å². The molecule has 1 nitrogen and oxygen atoms in total. The highest BCUT2D eigenvalue weighted by Crippen LogP contribution is 2.48. The van der Waals surface area contributed by atoms with Gasteiger partial charge in [-0.15, -0.1) is 0 Å². The lowest BCUT2D eigenvalue weighted by molar-refractivity contribution is 0.590. The summed E-state index contributed by atoms with van der Waals surface area (Å²) >= 11 is 0. The molecule has 0 saturated heterocycles. The Bertz CT molecular complexity index is 2780. The molecule has 0 saturated carbocycles. The third kappa shape index (κ3) is 6.49. The normalized spacial score (nSPS) is 11.5. The van der Waals surface area contributed by atoms with E-state index in [0.717, 1.165) is 17.1 Å². The zero-order valence-corrected chi connectivity index (χ0v) is 31.6. The summed E-state index contributed by atoms with van der Waals surface area (Å²) in [4.78, 5) is 2.47. The van der Waals surface area contributed by atoms with Crippen LogP contribution in [0.15, 0.2) is 206 Å². The smallest absolute Gasteiger partial charge is 0.0540 e. The number of para-hydroxylation sites is 2. The lowest BCUT2D eigenvalue weighted by Crippen LogP contribution is -2.13. The van der Waals surface area contributed by atoms with Crippen molar-refractivity contribution in [2.45, 2.75) is 26.2 Å². The van der Waals surface area contributed by atoms with Crippen molar-refractivity contribution in [3.8, 4) is 44.5 Å². The number of fused-ring (bicyclic) bond motifs is 2. The summed E-state index contributed by atoms with van der Waals surface area (Å²) in [6.45, 7) is 6.82. The fourth-order valence-corrected chi connectivity index (χ4v) is 8.08. The number of nitrogens with zero attached hydrogens (tertiary/aromatic N) is 1. The van der Waals surface area contributed by atoms with E-state index >= 15 is 0 Å². The molecule has 0 aliphatic rings. The van der Waals surface area contributed by atoms with E-state index in [4.69, 9.17) is 0 Å². The minimum Gasteiger partial charge on any atom is -0.309 e. The monoisotopic (exact) mass is 705 g/mol. The van der Waals surface area contributed by atoms with Crippen molar-refractivity contribution in [2.24, 2.45) is 0 Å². The van der Waals surface area contributed by atoms with Crippen molar-refractivity contribution >= 4 is 38.6 Å². The summed E-state index contributed by atoms with van der Waals surface area (Å²) in [5.41, 5.74) is 14.3. The molecule has 9 rings (SSSR count). The standard InChI is InChI=1S/C54H43N/c1-54(2,3)43-35-33-40(34-36-43)47-26-9-11-31-51(47)55(44-24-13-23-42(37-44)46-28-14-20-38-19-7-8-25-45(38)46)52-32-12-10-27-49(52)50-30-16-22-41-21-15-29-48(53(41)50)39-17-5-4-6-18-39/h4-37H,1-3H3. The van der Waals surface area contributed by atoms with Crippen molar-refractivity contribution in [1.29, 1.82) is 0 Å². The molecule has 0 amide bonds. The van der Waals surface area contributed by atoms with Crippen LogP contribution in [-0.4, -0.2) is 0 Å². The summed E-state index contributed by atoms with van der Waals surface area (Å²) in [5, 5.41) is 4.95. The van der Waals surface area contributed by atoms with E-state index in [-0.39, 0.29) is 5.41 Å². The van der Waals surface area contributed by atoms with Crippen molar-refractivity contribution in [2.75, 3.05) is 4.90 Å². The molecule has 0 aliphatic carbocycles. The fourth-order valence-electron chi connectivity index (χ4n) is 8.08. The van der Waals surface area contributed by atoms with E-state index in [1.807, 2.05) is 0 Å². The molecule has 0 atom stereocenters. The first-order valence-electron chi connectivity index (χ1n) is 19.2. The molecule has 0 bridgehead atoms. The van der Waals surface area contributed by atoms with E-state index in [1.165, 1.54) is 71.6 Å². The first kappa shape index (κ1) is 34.1. The van der Waals surface area contributed by atoms with Crippen LogP contribution in [0, 0.1) is 0 Å². The predicted molar refractivity (Wildman–Crippen MR) is 237 cm³/mol. The highest BCUT2D eigenvalue weighted by molar-refractivity contribution is 6.09. The second-order valence-electron chi connectivity index (χ2n) is 15.3. The van der Waals surface area contributed by atoms with Crippen LogP contribution in [0.25, 0.3) is 66.1 Å². The van der Waals surface area contributed by atoms with Gasteiger partial charge in [-0.25, -0.2) is 0 Å². The maximum Gasteiger partial charge on any atom is 0.0540 e. The quantitative estimate of drug-likeness (QED) is 0.160. The fraction of sp³-hybridized carbons (Fsp3) is 0.0741. The molecule has 264 valence electrons. The van der Waals surface area contributed by atoms with Gasteiger partial charge in [-0.3, -0.25) is 0 Å². The number of hydrogen-bond donors (Lipinski definition) is 0. The largest absolute Gasteiger partial charge is 0.309 e. The van der Waals surface area contributed by atoms with Crippen LogP contribution in [0.2, 0.25) is 0 Å². The van der Waals surface area contributed by atoms with Crippen LogP contribution in [-0.2, 0) is 5.41 Å². The topological polar surface area (TPSA) is 3.24 Å². The Morgan fingerprint density at radius 2 is 0.855 bits per heavy atom. The van der Waals surface area contributed by atoms with Crippen LogP contribution >= 0.6 is 0 Å². The molecule has 0 heterocycles. The molecule has 0 N–H and O–H groups in total. The number of rotatable bonds is 7. The number of benzene rings is 9. The number of anilines is 3.